The molecule has 0 spiro atoms. The molecule has 0 aliphatic carbocycles. The van der Waals surface area contributed by atoms with Gasteiger partial charge in [-0.1, -0.05) is 6.55 Å². The van der Waals surface area contributed by atoms with E-state index in [1.54, 1.807) is 0 Å². The average Bonchev–Trinajstić information content (AvgIpc) is 2.25. The van der Waals surface area contributed by atoms with Gasteiger partial charge in [0.15, 0.2) is 8.32 Å². The van der Waals surface area contributed by atoms with Crippen molar-refractivity contribution >= 4 is 35.2 Å². The first-order valence-corrected chi connectivity index (χ1v) is 19.1. The molecule has 0 atom stereocenters. The van der Waals surface area contributed by atoms with Crippen LogP contribution in [0.15, 0.2) is 0 Å². The molecule has 0 saturated heterocycles. The fourth-order valence-electron chi connectivity index (χ4n) is 2.06. The molecule has 0 amide bonds. The van der Waals surface area contributed by atoms with Crippen molar-refractivity contribution in [2.24, 2.45) is 11.5 Å². The largest absolute Gasteiger partial charge is 0.442 e. The van der Waals surface area contributed by atoms with Gasteiger partial charge >= 0.3 is 17.1 Å². The van der Waals surface area contributed by atoms with Gasteiger partial charge in [-0.25, -0.2) is 0 Å². The molecule has 6 nitrogen and oxygen atoms in total. The van der Waals surface area contributed by atoms with E-state index in [1.165, 1.54) is 0 Å². The summed E-state index contributed by atoms with van der Waals surface area (Å²) in [5.74, 6) is 0. The molecular formula is C12H39N3O3PtSi4. The second-order valence-electron chi connectivity index (χ2n) is 6.88. The third-order valence-corrected chi connectivity index (χ3v) is 14.5. The molecule has 0 aliphatic heterocycles. The fraction of sp³-hybridized carbons (Fsp3) is 1.00. The Morgan fingerprint density at radius 2 is 1.26 bits per heavy atom. The van der Waals surface area contributed by atoms with Crippen LogP contribution in [0.1, 0.15) is 0 Å². The Morgan fingerprint density at radius 1 is 0.826 bits per heavy atom. The van der Waals surface area contributed by atoms with Crippen LogP contribution in [-0.4, -0.2) is 61.4 Å². The van der Waals surface area contributed by atoms with Crippen molar-refractivity contribution in [2.45, 2.75) is 52.4 Å². The van der Waals surface area contributed by atoms with E-state index in [0.29, 0.717) is 13.1 Å². The van der Waals surface area contributed by atoms with Crippen LogP contribution in [0, 0.1) is 0 Å². The minimum Gasteiger partial charge on any atom is -0.442 e. The average molecular weight is 581 g/mol. The summed E-state index contributed by atoms with van der Waals surface area (Å²) in [7, 11) is -5.80. The van der Waals surface area contributed by atoms with Crippen LogP contribution >= 0.6 is 0 Å². The molecule has 0 unspecified atom stereocenters. The van der Waals surface area contributed by atoms with Gasteiger partial charge in [0.25, 0.3) is 0 Å². The normalized spacial score (nSPS) is 12.8. The van der Waals surface area contributed by atoms with E-state index in [9.17, 15) is 0 Å². The smallest absolute Gasteiger partial charge is 0.312 e. The fourth-order valence-corrected chi connectivity index (χ4v) is 16.8. The van der Waals surface area contributed by atoms with Crippen molar-refractivity contribution < 1.29 is 33.4 Å². The van der Waals surface area contributed by atoms with Gasteiger partial charge in [-0.3, -0.25) is 0 Å². The van der Waals surface area contributed by atoms with Crippen molar-refractivity contribution in [3.05, 3.63) is 0 Å². The van der Waals surface area contributed by atoms with Gasteiger partial charge in [-0.15, -0.1) is 0 Å². The third kappa shape index (κ3) is 23.3. The van der Waals surface area contributed by atoms with Crippen molar-refractivity contribution in [1.29, 1.82) is 0 Å². The van der Waals surface area contributed by atoms with Gasteiger partial charge in [-0.2, -0.15) is 0 Å². The Morgan fingerprint density at radius 3 is 1.57 bits per heavy atom. The van der Waals surface area contributed by atoms with Crippen LogP contribution in [0.2, 0.25) is 52.4 Å². The van der Waals surface area contributed by atoms with Crippen molar-refractivity contribution in [1.82, 2.24) is 5.32 Å². The van der Waals surface area contributed by atoms with Crippen LogP contribution in [0.4, 0.5) is 0 Å². The molecule has 146 valence electrons. The topological polar surface area (TPSA) is 91.8 Å². The second kappa shape index (κ2) is 14.5. The summed E-state index contributed by atoms with van der Waals surface area (Å²) in [6.07, 6.45) is 0. The number of nitrogens with two attached hydrogens (primary N) is 2. The zero-order chi connectivity index (χ0) is 17.9. The number of rotatable bonds is 10. The number of hydrogen-bond donors (Lipinski definition) is 3. The van der Waals surface area contributed by atoms with Gasteiger partial charge < -0.3 is 29.1 Å². The SMILES string of the molecule is C[SiH2]O[Si](C)(C)O[Si](C)(C)O[Si](C)(C)C.NCCNCCN.[Pt]. The molecule has 0 fully saturated rings. The van der Waals surface area contributed by atoms with Gasteiger partial charge in [0.2, 0.25) is 0 Å². The summed E-state index contributed by atoms with van der Waals surface area (Å²) in [5.41, 5.74) is 10.3. The molecule has 0 aromatic heterocycles. The molecule has 0 aliphatic rings. The maximum absolute atomic E-state index is 6.14. The van der Waals surface area contributed by atoms with Crippen molar-refractivity contribution in [3.63, 3.8) is 0 Å². The van der Waals surface area contributed by atoms with Crippen LogP contribution in [-0.2, 0) is 33.4 Å². The van der Waals surface area contributed by atoms with Crippen LogP contribution < -0.4 is 16.8 Å². The monoisotopic (exact) mass is 580 g/mol. The van der Waals surface area contributed by atoms with Crippen LogP contribution in [0.3, 0.4) is 0 Å². The molecular weight excluding hydrogens is 542 g/mol. The molecule has 0 bridgehead atoms. The molecule has 0 radical (unpaired) electrons. The Kier molecular flexibility index (Phi) is 18.3. The molecule has 23 heavy (non-hydrogen) atoms. The van der Waals surface area contributed by atoms with E-state index in [2.05, 4.69) is 57.7 Å². The summed E-state index contributed by atoms with van der Waals surface area (Å²) in [4.78, 5) is 0. The molecule has 0 aromatic carbocycles. The predicted octanol–water partition coefficient (Wildman–Crippen LogP) is 0.898. The summed E-state index contributed by atoms with van der Waals surface area (Å²) < 4.78 is 18.1. The summed E-state index contributed by atoms with van der Waals surface area (Å²) in [5, 5.41) is 3.03. The van der Waals surface area contributed by atoms with E-state index in [1.807, 2.05) is 0 Å². The molecule has 5 N–H and O–H groups in total. The maximum Gasteiger partial charge on any atom is 0.312 e. The first kappa shape index (κ1) is 29.1. The van der Waals surface area contributed by atoms with Crippen molar-refractivity contribution in [3.8, 4) is 0 Å². The van der Waals surface area contributed by atoms with Gasteiger partial charge in [0.1, 0.15) is 9.76 Å². The number of hydrogen-bond acceptors (Lipinski definition) is 6. The standard InChI is InChI=1S/C8H26O3Si4.C4H13N3.Pt/c1-12-9-14(5,6)11-15(7,8)10-13(2,3)4;5-1-3-7-4-2-6;/h12H2,1-8H3;7H,1-6H2;. The van der Waals surface area contributed by atoms with E-state index in [4.69, 9.17) is 23.8 Å². The first-order valence-electron chi connectivity index (χ1n) is 8.04. The Bertz CT molecular complexity index is 279. The summed E-state index contributed by atoms with van der Waals surface area (Å²) >= 11 is 0. The van der Waals surface area contributed by atoms with Gasteiger partial charge in [-0.05, 0) is 45.8 Å². The minimum atomic E-state index is -1.99. The van der Waals surface area contributed by atoms with Crippen LogP contribution in [0.25, 0.3) is 0 Å². The maximum atomic E-state index is 6.14. The first-order chi connectivity index (χ1) is 9.89. The van der Waals surface area contributed by atoms with E-state index in [-0.39, 0.29) is 30.8 Å². The zero-order valence-electron chi connectivity index (χ0n) is 16.2. The van der Waals surface area contributed by atoms with Crippen LogP contribution in [0.5, 0.6) is 0 Å². The molecule has 0 heterocycles. The van der Waals surface area contributed by atoms with E-state index >= 15 is 0 Å². The quantitative estimate of drug-likeness (QED) is 0.263. The Hall–Kier alpha value is 1.32. The molecule has 0 saturated carbocycles. The third-order valence-electron chi connectivity index (χ3n) is 2.18. The van der Waals surface area contributed by atoms with E-state index < -0.39 is 25.4 Å². The summed E-state index contributed by atoms with van der Waals surface area (Å²) in [6.45, 7) is 20.4. The zero-order valence-corrected chi connectivity index (χ0v) is 22.9. The van der Waals surface area contributed by atoms with Gasteiger partial charge in [0, 0.05) is 47.2 Å². The van der Waals surface area contributed by atoms with E-state index in [0.717, 1.165) is 13.1 Å². The Balaban J connectivity index is -0.000000425. The second-order valence-corrected chi connectivity index (χ2v) is 20.1. The summed E-state index contributed by atoms with van der Waals surface area (Å²) in [6, 6.07) is 0. The predicted molar refractivity (Wildman–Crippen MR) is 107 cm³/mol. The number of nitrogens with one attached hydrogen (secondary N) is 1. The van der Waals surface area contributed by atoms with Crippen molar-refractivity contribution in [2.75, 3.05) is 26.2 Å². The van der Waals surface area contributed by atoms with Gasteiger partial charge in [0.05, 0.1) is 0 Å². The molecule has 11 heteroatoms. The molecule has 0 aromatic rings. The molecule has 0 rings (SSSR count). The minimum absolute atomic E-state index is 0. The Labute approximate surface area is 163 Å².